The lowest BCUT2D eigenvalue weighted by atomic mass is 10.1. The van der Waals surface area contributed by atoms with Crippen LogP contribution in [0.1, 0.15) is 26.5 Å². The highest BCUT2D eigenvalue weighted by molar-refractivity contribution is 5.83. The number of H-pyrrole nitrogens is 1. The Labute approximate surface area is 98.6 Å². The first-order valence-corrected chi connectivity index (χ1v) is 5.44. The first kappa shape index (κ1) is 11.9. The highest BCUT2D eigenvalue weighted by Crippen LogP contribution is 2.32. The first-order valence-electron chi connectivity index (χ1n) is 5.44. The number of benzene rings is 1. The number of nitrogens with one attached hydrogen (secondary N) is 1. The molecule has 0 aliphatic rings. The molecule has 0 radical (unpaired) electrons. The molecule has 0 spiro atoms. The predicted molar refractivity (Wildman–Crippen MR) is 63.3 cm³/mol. The smallest absolute Gasteiger partial charge is 0.192 e. The van der Waals surface area contributed by atoms with Crippen molar-refractivity contribution in [3.63, 3.8) is 0 Å². The van der Waals surface area contributed by atoms with Crippen LogP contribution in [0.2, 0.25) is 0 Å². The van der Waals surface area contributed by atoms with Gasteiger partial charge in [0, 0.05) is 17.1 Å². The summed E-state index contributed by atoms with van der Waals surface area (Å²) >= 11 is 0. The molecule has 1 heterocycles. The quantitative estimate of drug-likeness (QED) is 0.801. The summed E-state index contributed by atoms with van der Waals surface area (Å²) in [5, 5.41) is 0.350. The zero-order valence-electron chi connectivity index (χ0n) is 10.3. The molecule has 0 unspecified atom stereocenters. The predicted octanol–water partition coefficient (Wildman–Crippen LogP) is 3.93. The highest BCUT2D eigenvalue weighted by atomic mass is 19.1. The minimum Gasteiger partial charge on any atom is -0.482 e. The van der Waals surface area contributed by atoms with Gasteiger partial charge in [-0.05, 0) is 33.8 Å². The van der Waals surface area contributed by atoms with Crippen molar-refractivity contribution in [2.75, 3.05) is 0 Å². The summed E-state index contributed by atoms with van der Waals surface area (Å²) in [4.78, 5) is 2.89. The van der Waals surface area contributed by atoms with E-state index in [1.807, 2.05) is 0 Å². The summed E-state index contributed by atoms with van der Waals surface area (Å²) in [6, 6.07) is 2.89. The fraction of sp³-hybridized carbons (Fsp3) is 0.385. The number of aromatic amines is 1. The Balaban J connectivity index is 2.63. The van der Waals surface area contributed by atoms with Gasteiger partial charge in [-0.3, -0.25) is 0 Å². The van der Waals surface area contributed by atoms with Gasteiger partial charge in [0.05, 0.1) is 5.52 Å². The van der Waals surface area contributed by atoms with Gasteiger partial charge >= 0.3 is 0 Å². The van der Waals surface area contributed by atoms with Crippen molar-refractivity contribution >= 4 is 10.9 Å². The van der Waals surface area contributed by atoms with Crippen LogP contribution in [0.15, 0.2) is 12.1 Å². The van der Waals surface area contributed by atoms with Gasteiger partial charge in [0.25, 0.3) is 0 Å². The molecule has 0 saturated carbocycles. The van der Waals surface area contributed by atoms with E-state index >= 15 is 0 Å². The van der Waals surface area contributed by atoms with Gasteiger partial charge < -0.3 is 9.72 Å². The summed E-state index contributed by atoms with van der Waals surface area (Å²) in [6.45, 7) is 7.04. The maximum absolute atomic E-state index is 14.1. The fourth-order valence-electron chi connectivity index (χ4n) is 1.72. The molecule has 92 valence electrons. The van der Waals surface area contributed by atoms with Crippen LogP contribution in [0.3, 0.4) is 0 Å². The molecule has 0 saturated heterocycles. The molecule has 1 N–H and O–H groups in total. The van der Waals surface area contributed by atoms with Crippen LogP contribution < -0.4 is 4.74 Å². The average Bonchev–Trinajstić information content (AvgIpc) is 2.52. The van der Waals surface area contributed by atoms with E-state index < -0.39 is 17.2 Å². The number of hydrogen-bond donors (Lipinski definition) is 1. The minimum absolute atomic E-state index is 0.316. The number of aromatic nitrogens is 1. The van der Waals surface area contributed by atoms with Crippen molar-refractivity contribution in [2.45, 2.75) is 33.3 Å². The second-order valence-corrected chi connectivity index (χ2v) is 5.13. The summed E-state index contributed by atoms with van der Waals surface area (Å²) in [5.41, 5.74) is 0.589. The third-order valence-corrected chi connectivity index (χ3v) is 2.31. The lowest BCUT2D eigenvalue weighted by molar-refractivity contribution is 0.118. The van der Waals surface area contributed by atoms with E-state index in [9.17, 15) is 8.78 Å². The minimum atomic E-state index is -0.688. The van der Waals surface area contributed by atoms with Gasteiger partial charge in [-0.2, -0.15) is 0 Å². The summed E-state index contributed by atoms with van der Waals surface area (Å²) in [7, 11) is 0. The molecular weight excluding hydrogens is 224 g/mol. The molecule has 0 aliphatic heterocycles. The Morgan fingerprint density at radius 2 is 1.82 bits per heavy atom. The largest absolute Gasteiger partial charge is 0.482 e. The van der Waals surface area contributed by atoms with Crippen molar-refractivity contribution in [1.82, 2.24) is 4.98 Å². The second-order valence-electron chi connectivity index (χ2n) is 5.13. The molecule has 0 atom stereocenters. The van der Waals surface area contributed by atoms with Crippen molar-refractivity contribution in [3.8, 4) is 5.75 Å². The van der Waals surface area contributed by atoms with Crippen LogP contribution in [-0.2, 0) is 0 Å². The number of hydrogen-bond acceptors (Lipinski definition) is 1. The third-order valence-electron chi connectivity index (χ3n) is 2.31. The average molecular weight is 239 g/mol. The molecule has 17 heavy (non-hydrogen) atoms. The van der Waals surface area contributed by atoms with Crippen molar-refractivity contribution in [1.29, 1.82) is 0 Å². The monoisotopic (exact) mass is 239 g/mol. The van der Waals surface area contributed by atoms with Gasteiger partial charge in [-0.15, -0.1) is 0 Å². The number of ether oxygens (including phenoxy) is 1. The molecule has 1 aromatic heterocycles. The maximum Gasteiger partial charge on any atom is 0.192 e. The molecule has 2 nitrogen and oxygen atoms in total. The molecule has 2 aromatic rings. The Morgan fingerprint density at radius 3 is 2.41 bits per heavy atom. The highest BCUT2D eigenvalue weighted by Gasteiger charge is 2.21. The van der Waals surface area contributed by atoms with E-state index in [-0.39, 0.29) is 5.75 Å². The first-order chi connectivity index (χ1) is 7.78. The molecule has 0 fully saturated rings. The molecule has 0 bridgehead atoms. The van der Waals surface area contributed by atoms with E-state index in [0.29, 0.717) is 10.9 Å². The van der Waals surface area contributed by atoms with Crippen LogP contribution in [0.4, 0.5) is 8.78 Å². The fourth-order valence-corrected chi connectivity index (χ4v) is 1.72. The SMILES string of the molecule is Cc1cc2c(F)c(OC(C)(C)C)c(F)cc2[nH]1. The lowest BCUT2D eigenvalue weighted by Crippen LogP contribution is -2.24. The van der Waals surface area contributed by atoms with E-state index in [2.05, 4.69) is 4.98 Å². The van der Waals surface area contributed by atoms with Gasteiger partial charge in [0.2, 0.25) is 0 Å². The van der Waals surface area contributed by atoms with Crippen LogP contribution in [0.25, 0.3) is 10.9 Å². The zero-order valence-corrected chi connectivity index (χ0v) is 10.3. The van der Waals surface area contributed by atoms with Crippen LogP contribution in [-0.4, -0.2) is 10.6 Å². The molecule has 4 heteroatoms. The van der Waals surface area contributed by atoms with Crippen molar-refractivity contribution < 1.29 is 13.5 Å². The van der Waals surface area contributed by atoms with Crippen LogP contribution in [0, 0.1) is 18.6 Å². The van der Waals surface area contributed by atoms with Gasteiger partial charge in [0.1, 0.15) is 5.60 Å². The van der Waals surface area contributed by atoms with Gasteiger partial charge in [-0.1, -0.05) is 0 Å². The topological polar surface area (TPSA) is 25.0 Å². The van der Waals surface area contributed by atoms with Gasteiger partial charge in [-0.25, -0.2) is 8.78 Å². The summed E-state index contributed by atoms with van der Waals surface area (Å²) in [6.07, 6.45) is 0. The Morgan fingerprint density at radius 1 is 1.18 bits per heavy atom. The van der Waals surface area contributed by atoms with E-state index in [0.717, 1.165) is 5.69 Å². The number of halogens is 2. The third kappa shape index (κ3) is 2.25. The van der Waals surface area contributed by atoms with Crippen LogP contribution in [0.5, 0.6) is 5.75 Å². The maximum atomic E-state index is 14.1. The Hall–Kier alpha value is -1.58. The van der Waals surface area contributed by atoms with E-state index in [4.69, 9.17) is 4.74 Å². The molecule has 0 amide bonds. The van der Waals surface area contributed by atoms with E-state index in [1.54, 1.807) is 33.8 Å². The summed E-state index contributed by atoms with van der Waals surface area (Å²) in [5.74, 6) is -1.66. The zero-order chi connectivity index (χ0) is 12.8. The van der Waals surface area contributed by atoms with Gasteiger partial charge in [0.15, 0.2) is 17.4 Å². The van der Waals surface area contributed by atoms with E-state index in [1.165, 1.54) is 6.07 Å². The molecular formula is C13H15F2NO. The Kier molecular flexibility index (Phi) is 2.60. The molecule has 1 aromatic carbocycles. The number of fused-ring (bicyclic) bond motifs is 1. The van der Waals surface area contributed by atoms with Crippen molar-refractivity contribution in [2.24, 2.45) is 0 Å². The summed E-state index contributed by atoms with van der Waals surface area (Å²) < 4.78 is 33.1. The van der Waals surface area contributed by atoms with Crippen molar-refractivity contribution in [3.05, 3.63) is 29.5 Å². The number of aryl methyl sites for hydroxylation is 1. The standard InChI is InChI=1S/C13H15F2NO/c1-7-5-8-10(16-7)6-9(14)12(11(8)15)17-13(2,3)4/h5-6,16H,1-4H3. The Bertz CT molecular complexity index is 567. The normalized spacial score (nSPS) is 12.1. The number of rotatable bonds is 1. The molecule has 2 rings (SSSR count). The molecule has 0 aliphatic carbocycles. The lowest BCUT2D eigenvalue weighted by Gasteiger charge is -2.22. The second kappa shape index (κ2) is 3.72. The van der Waals surface area contributed by atoms with Crippen LogP contribution >= 0.6 is 0 Å².